The fraction of sp³-hybridized carbons (Fsp3) is 0.143. The molecule has 0 aliphatic rings. The molecule has 4 heteroatoms. The standard InChI is InChI=1S/C14H13FN2O/c1-10(12-5-3-7-16-9-12)17-14(18)11-4-2-6-13(15)8-11/h2-10H,1H3,(H,17,18). The number of carbonyl (C=O) groups is 1. The summed E-state index contributed by atoms with van der Waals surface area (Å²) in [6.07, 6.45) is 3.36. The molecule has 0 saturated carbocycles. The highest BCUT2D eigenvalue weighted by atomic mass is 19.1. The zero-order chi connectivity index (χ0) is 13.0. The predicted molar refractivity (Wildman–Crippen MR) is 66.5 cm³/mol. The second-order valence-corrected chi connectivity index (χ2v) is 3.99. The van der Waals surface area contributed by atoms with Gasteiger partial charge in [0.05, 0.1) is 6.04 Å². The maximum absolute atomic E-state index is 13.0. The van der Waals surface area contributed by atoms with Crippen LogP contribution in [0.4, 0.5) is 4.39 Å². The van der Waals surface area contributed by atoms with Crippen molar-refractivity contribution >= 4 is 5.91 Å². The van der Waals surface area contributed by atoms with E-state index in [1.807, 2.05) is 13.0 Å². The molecule has 1 aromatic carbocycles. The van der Waals surface area contributed by atoms with Crippen LogP contribution in [0.1, 0.15) is 28.9 Å². The van der Waals surface area contributed by atoms with Crippen molar-refractivity contribution in [3.8, 4) is 0 Å². The van der Waals surface area contributed by atoms with E-state index in [1.54, 1.807) is 24.5 Å². The summed E-state index contributed by atoms with van der Waals surface area (Å²) < 4.78 is 13.0. The van der Waals surface area contributed by atoms with Crippen molar-refractivity contribution in [2.45, 2.75) is 13.0 Å². The van der Waals surface area contributed by atoms with Gasteiger partial charge in [0.25, 0.3) is 5.91 Å². The molecule has 1 N–H and O–H groups in total. The maximum Gasteiger partial charge on any atom is 0.251 e. The summed E-state index contributed by atoms with van der Waals surface area (Å²) in [5, 5.41) is 2.79. The van der Waals surface area contributed by atoms with Gasteiger partial charge in [0, 0.05) is 18.0 Å². The number of hydrogen-bond donors (Lipinski definition) is 1. The fourth-order valence-electron chi connectivity index (χ4n) is 1.63. The summed E-state index contributed by atoms with van der Waals surface area (Å²) in [6.45, 7) is 1.86. The largest absolute Gasteiger partial charge is 0.345 e. The highest BCUT2D eigenvalue weighted by Gasteiger charge is 2.11. The molecule has 1 amide bonds. The van der Waals surface area contributed by atoms with Crippen LogP contribution >= 0.6 is 0 Å². The molecule has 1 aromatic heterocycles. The monoisotopic (exact) mass is 244 g/mol. The third kappa shape index (κ3) is 2.91. The van der Waals surface area contributed by atoms with Gasteiger partial charge in [0.2, 0.25) is 0 Å². The first kappa shape index (κ1) is 12.2. The number of hydrogen-bond acceptors (Lipinski definition) is 2. The normalized spacial score (nSPS) is 11.9. The number of aromatic nitrogens is 1. The van der Waals surface area contributed by atoms with Crippen LogP contribution in [0.3, 0.4) is 0 Å². The van der Waals surface area contributed by atoms with E-state index in [2.05, 4.69) is 10.3 Å². The highest BCUT2D eigenvalue weighted by molar-refractivity contribution is 5.94. The van der Waals surface area contributed by atoms with Gasteiger partial charge in [0.15, 0.2) is 0 Å². The lowest BCUT2D eigenvalue weighted by Crippen LogP contribution is -2.26. The Morgan fingerprint density at radius 3 is 2.83 bits per heavy atom. The van der Waals surface area contributed by atoms with Gasteiger partial charge < -0.3 is 5.32 Å². The molecule has 3 nitrogen and oxygen atoms in total. The lowest BCUT2D eigenvalue weighted by molar-refractivity contribution is 0.0939. The van der Waals surface area contributed by atoms with Gasteiger partial charge >= 0.3 is 0 Å². The first-order valence-electron chi connectivity index (χ1n) is 5.63. The molecule has 0 radical (unpaired) electrons. The van der Waals surface area contributed by atoms with Crippen LogP contribution in [0.15, 0.2) is 48.8 Å². The number of carbonyl (C=O) groups excluding carboxylic acids is 1. The molecule has 2 aromatic rings. The van der Waals surface area contributed by atoms with Crippen LogP contribution in [0, 0.1) is 5.82 Å². The average Bonchev–Trinajstić information content (AvgIpc) is 2.39. The van der Waals surface area contributed by atoms with Crippen LogP contribution in [0.5, 0.6) is 0 Å². The number of amides is 1. The molecule has 0 aliphatic carbocycles. The second-order valence-electron chi connectivity index (χ2n) is 3.99. The molecule has 92 valence electrons. The first-order valence-corrected chi connectivity index (χ1v) is 5.63. The number of nitrogens with zero attached hydrogens (tertiary/aromatic N) is 1. The summed E-state index contributed by atoms with van der Waals surface area (Å²) in [5.74, 6) is -0.720. The highest BCUT2D eigenvalue weighted by Crippen LogP contribution is 2.11. The number of nitrogens with one attached hydrogen (secondary N) is 1. The minimum absolute atomic E-state index is 0.172. The van der Waals surface area contributed by atoms with Gasteiger partial charge in [-0.15, -0.1) is 0 Å². The molecule has 1 atom stereocenters. The molecular weight excluding hydrogens is 231 g/mol. The lowest BCUT2D eigenvalue weighted by Gasteiger charge is -2.13. The molecule has 1 unspecified atom stereocenters. The third-order valence-electron chi connectivity index (χ3n) is 2.62. The minimum atomic E-state index is -0.420. The van der Waals surface area contributed by atoms with Crippen LogP contribution in [0.2, 0.25) is 0 Å². The number of halogens is 1. The first-order chi connectivity index (χ1) is 8.66. The quantitative estimate of drug-likeness (QED) is 0.902. The van der Waals surface area contributed by atoms with Crippen LogP contribution < -0.4 is 5.32 Å². The molecule has 0 fully saturated rings. The Morgan fingerprint density at radius 1 is 1.33 bits per heavy atom. The molecule has 0 spiro atoms. The predicted octanol–water partition coefficient (Wildman–Crippen LogP) is 2.71. The Labute approximate surface area is 105 Å². The van der Waals surface area contributed by atoms with Crippen molar-refractivity contribution in [1.29, 1.82) is 0 Å². The second kappa shape index (κ2) is 5.40. The van der Waals surface area contributed by atoms with Crippen molar-refractivity contribution in [3.05, 3.63) is 65.7 Å². The van der Waals surface area contributed by atoms with Gasteiger partial charge in [-0.05, 0) is 36.8 Å². The SMILES string of the molecule is CC(NC(=O)c1cccc(F)c1)c1cccnc1. The average molecular weight is 244 g/mol. The molecule has 0 saturated heterocycles. The summed E-state index contributed by atoms with van der Waals surface area (Å²) in [4.78, 5) is 15.9. The van der Waals surface area contributed by atoms with Crippen molar-refractivity contribution in [3.63, 3.8) is 0 Å². The van der Waals surface area contributed by atoms with E-state index in [4.69, 9.17) is 0 Å². The Kier molecular flexibility index (Phi) is 3.67. The van der Waals surface area contributed by atoms with E-state index in [0.29, 0.717) is 5.56 Å². The molecule has 2 rings (SSSR count). The fourth-order valence-corrected chi connectivity index (χ4v) is 1.63. The van der Waals surface area contributed by atoms with Gasteiger partial charge in [-0.3, -0.25) is 9.78 Å². The van der Waals surface area contributed by atoms with Crippen molar-refractivity contribution in [2.75, 3.05) is 0 Å². The van der Waals surface area contributed by atoms with Crippen LogP contribution in [-0.4, -0.2) is 10.9 Å². The van der Waals surface area contributed by atoms with E-state index in [0.717, 1.165) is 5.56 Å². The summed E-state index contributed by atoms with van der Waals surface area (Å²) in [5.41, 5.74) is 1.22. The molecule has 0 aliphatic heterocycles. The zero-order valence-electron chi connectivity index (χ0n) is 9.93. The zero-order valence-corrected chi connectivity index (χ0v) is 9.93. The Hall–Kier alpha value is -2.23. The number of pyridine rings is 1. The number of benzene rings is 1. The molecule has 1 heterocycles. The molecule has 18 heavy (non-hydrogen) atoms. The van der Waals surface area contributed by atoms with E-state index in [1.165, 1.54) is 18.2 Å². The molecular formula is C14H13FN2O. The van der Waals surface area contributed by atoms with Crippen molar-refractivity contribution in [1.82, 2.24) is 10.3 Å². The van der Waals surface area contributed by atoms with Crippen molar-refractivity contribution < 1.29 is 9.18 Å². The Bertz CT molecular complexity index is 543. The van der Waals surface area contributed by atoms with E-state index < -0.39 is 5.82 Å². The van der Waals surface area contributed by atoms with Gasteiger partial charge in [0.1, 0.15) is 5.82 Å². The van der Waals surface area contributed by atoms with E-state index in [9.17, 15) is 9.18 Å². The van der Waals surface area contributed by atoms with Gasteiger partial charge in [-0.1, -0.05) is 12.1 Å². The van der Waals surface area contributed by atoms with Gasteiger partial charge in [-0.2, -0.15) is 0 Å². The summed E-state index contributed by atoms with van der Waals surface area (Å²) in [6, 6.07) is 9.12. The number of rotatable bonds is 3. The minimum Gasteiger partial charge on any atom is -0.345 e. The lowest BCUT2D eigenvalue weighted by atomic mass is 10.1. The van der Waals surface area contributed by atoms with Crippen LogP contribution in [-0.2, 0) is 0 Å². The van der Waals surface area contributed by atoms with E-state index >= 15 is 0 Å². The summed E-state index contributed by atoms with van der Waals surface area (Å²) >= 11 is 0. The van der Waals surface area contributed by atoms with Crippen molar-refractivity contribution in [2.24, 2.45) is 0 Å². The van der Waals surface area contributed by atoms with Crippen LogP contribution in [0.25, 0.3) is 0 Å². The van der Waals surface area contributed by atoms with Gasteiger partial charge in [-0.25, -0.2) is 4.39 Å². The Balaban J connectivity index is 2.08. The topological polar surface area (TPSA) is 42.0 Å². The maximum atomic E-state index is 13.0. The molecule has 0 bridgehead atoms. The third-order valence-corrected chi connectivity index (χ3v) is 2.62. The smallest absolute Gasteiger partial charge is 0.251 e. The van der Waals surface area contributed by atoms with E-state index in [-0.39, 0.29) is 11.9 Å². The summed E-state index contributed by atoms with van der Waals surface area (Å²) in [7, 11) is 0. The Morgan fingerprint density at radius 2 is 2.17 bits per heavy atom.